The standard InChI is InChI=1S/C11H10N2O3/c1-6-3-4-7-9(14)8(11(15)16)5-13(2)10(7)12-6/h3-5H,1-2H3,(H,15,16)/i/hT. The Kier molecular flexibility index (Phi) is 1.96. The van der Waals surface area contributed by atoms with Gasteiger partial charge >= 0.3 is 5.97 Å². The summed E-state index contributed by atoms with van der Waals surface area (Å²) in [5.74, 6) is -0.965. The molecule has 0 aliphatic heterocycles. The van der Waals surface area contributed by atoms with Crippen molar-refractivity contribution in [3.8, 4) is 0 Å². The summed E-state index contributed by atoms with van der Waals surface area (Å²) in [5, 5.41) is 4.16. The van der Waals surface area contributed by atoms with Crippen LogP contribution in [0.15, 0.2) is 23.1 Å². The molecule has 5 nitrogen and oxygen atoms in total. The largest absolute Gasteiger partial charge is 0.477 e. The van der Waals surface area contributed by atoms with E-state index < -0.39 is 11.4 Å². The second-order valence-electron chi connectivity index (χ2n) is 3.59. The number of pyridine rings is 2. The molecule has 2 rings (SSSR count). The highest BCUT2D eigenvalue weighted by Gasteiger charge is 2.13. The molecule has 82 valence electrons. The zero-order valence-corrected chi connectivity index (χ0v) is 8.85. The first-order valence-corrected chi connectivity index (χ1v) is 4.69. The fourth-order valence-corrected chi connectivity index (χ4v) is 1.59. The van der Waals surface area contributed by atoms with Crippen LogP contribution in [0.3, 0.4) is 0 Å². The predicted octanol–water partition coefficient (Wildman–Crippen LogP) is 0.940. The van der Waals surface area contributed by atoms with Crippen molar-refractivity contribution < 1.29 is 9.90 Å². The lowest BCUT2D eigenvalue weighted by atomic mass is 10.2. The van der Waals surface area contributed by atoms with Crippen molar-refractivity contribution >= 4 is 17.0 Å². The number of carboxylic acid groups (broad SMARTS) is 1. The van der Waals surface area contributed by atoms with Gasteiger partial charge in [-0.05, 0) is 19.1 Å². The number of nitrogens with zero attached hydrogens (tertiary/aromatic N) is 2. The molecule has 0 aliphatic rings. The number of hydrogen-bond donors (Lipinski definition) is 1. The summed E-state index contributed by atoms with van der Waals surface area (Å²) < 4.78 is 8.11. The molecule has 0 radical (unpaired) electrons. The molecule has 0 unspecified atom stereocenters. The van der Waals surface area contributed by atoms with Crippen LogP contribution in [0.25, 0.3) is 12.5 Å². The minimum Gasteiger partial charge on any atom is -0.477 e. The third-order valence-corrected chi connectivity index (χ3v) is 2.38. The summed E-state index contributed by atoms with van der Waals surface area (Å²) in [6.07, 6.45) is 1.33. The van der Waals surface area contributed by atoms with E-state index in [0.29, 0.717) is 11.0 Å². The van der Waals surface area contributed by atoms with Gasteiger partial charge in [-0.3, -0.25) is 4.79 Å². The molecule has 0 saturated carbocycles. The fraction of sp³-hybridized carbons (Fsp3) is 0.182. The van der Waals surface area contributed by atoms with Gasteiger partial charge in [0, 0.05) is 18.9 Å². The number of carboxylic acids is 1. The maximum Gasteiger partial charge on any atom is 0.341 e. The molecule has 2 heterocycles. The van der Waals surface area contributed by atoms with E-state index >= 15 is 0 Å². The van der Waals surface area contributed by atoms with Gasteiger partial charge in [0.15, 0.2) is 0 Å². The summed E-state index contributed by atoms with van der Waals surface area (Å²) >= 11 is 0. The first-order valence-electron chi connectivity index (χ1n) is 5.10. The molecule has 0 aliphatic carbocycles. The van der Waals surface area contributed by atoms with E-state index in [0.717, 1.165) is 5.69 Å². The van der Waals surface area contributed by atoms with Crippen molar-refractivity contribution in [1.29, 1.82) is 1.43 Å². The smallest absolute Gasteiger partial charge is 0.341 e. The zero-order valence-electron chi connectivity index (χ0n) is 9.85. The lowest BCUT2D eigenvalue weighted by Crippen LogP contribution is -2.18. The maximum atomic E-state index is 12.0. The molecular formula is C11H10N2O3. The molecule has 2 aromatic heterocycles. The van der Waals surface area contributed by atoms with E-state index in [9.17, 15) is 9.59 Å². The minimum absolute atomic E-state index is 0.166. The third kappa shape index (κ3) is 1.46. The lowest BCUT2D eigenvalue weighted by molar-refractivity contribution is 0.0695. The second-order valence-corrected chi connectivity index (χ2v) is 3.59. The van der Waals surface area contributed by atoms with Crippen LogP contribution in [0.1, 0.15) is 16.1 Å². The van der Waals surface area contributed by atoms with E-state index in [2.05, 4.69) is 10.1 Å². The fourth-order valence-electron chi connectivity index (χ4n) is 1.59. The van der Waals surface area contributed by atoms with E-state index in [1.807, 2.05) is 6.92 Å². The highest BCUT2D eigenvalue weighted by Crippen LogP contribution is 2.09. The SMILES string of the molecule is [3H]OC(=O)c1cn(C)c2nc(C)ccc2c1=O. The van der Waals surface area contributed by atoms with E-state index in [1.54, 1.807) is 23.7 Å². The van der Waals surface area contributed by atoms with Gasteiger partial charge < -0.3 is 9.68 Å². The topological polar surface area (TPSA) is 72.2 Å². The molecule has 1 N–H and O–H groups in total. The number of hydrogen-bond acceptors (Lipinski definition) is 4. The molecule has 0 aromatic carbocycles. The van der Waals surface area contributed by atoms with Crippen LogP contribution in [0, 0.1) is 6.92 Å². The van der Waals surface area contributed by atoms with Crippen molar-refractivity contribution in [2.24, 2.45) is 7.05 Å². The summed E-state index contributed by atoms with van der Waals surface area (Å²) in [6.45, 7) is 1.82. The Morgan fingerprint density at radius 1 is 1.56 bits per heavy atom. The monoisotopic (exact) mass is 220 g/mol. The number of aryl methyl sites for hydroxylation is 2. The molecule has 0 fully saturated rings. The van der Waals surface area contributed by atoms with Crippen molar-refractivity contribution in [2.75, 3.05) is 0 Å². The first-order chi connectivity index (χ1) is 8.04. The summed E-state index contributed by atoms with van der Waals surface area (Å²) in [5.41, 5.74) is 0.642. The summed E-state index contributed by atoms with van der Waals surface area (Å²) in [7, 11) is 1.68. The Morgan fingerprint density at radius 2 is 2.31 bits per heavy atom. The van der Waals surface area contributed by atoms with Crippen molar-refractivity contribution in [3.63, 3.8) is 0 Å². The first kappa shape index (κ1) is 9.08. The molecule has 5 heteroatoms. The molecule has 16 heavy (non-hydrogen) atoms. The molecule has 0 atom stereocenters. The van der Waals surface area contributed by atoms with E-state index in [4.69, 9.17) is 1.43 Å². The highest BCUT2D eigenvalue weighted by atomic mass is 16.4. The Labute approximate surface area is 92.5 Å². The Morgan fingerprint density at radius 3 is 3.00 bits per heavy atom. The molecule has 0 amide bonds. The van der Waals surface area contributed by atoms with Gasteiger partial charge in [0.25, 0.3) is 1.43 Å². The van der Waals surface area contributed by atoms with Crippen LogP contribution in [0.2, 0.25) is 0 Å². The predicted molar refractivity (Wildman–Crippen MR) is 58.7 cm³/mol. The molecule has 0 bridgehead atoms. The molecule has 0 spiro atoms. The van der Waals surface area contributed by atoms with Crippen molar-refractivity contribution in [3.05, 3.63) is 39.8 Å². The normalized spacial score (nSPS) is 11.2. The Hall–Kier alpha value is -2.17. The summed E-state index contributed by atoms with van der Waals surface area (Å²) in [6, 6.07) is 3.31. The van der Waals surface area contributed by atoms with Gasteiger partial charge in [-0.15, -0.1) is 0 Å². The number of carbonyl (C=O) groups is 1. The number of fused-ring (bicyclic) bond motifs is 1. The van der Waals surface area contributed by atoms with Gasteiger partial charge in [-0.2, -0.15) is 0 Å². The highest BCUT2D eigenvalue weighted by molar-refractivity contribution is 5.91. The second kappa shape index (κ2) is 3.44. The molecule has 0 saturated heterocycles. The van der Waals surface area contributed by atoms with Crippen LogP contribution in [0.4, 0.5) is 0 Å². The van der Waals surface area contributed by atoms with Crippen LogP contribution in [-0.2, 0) is 7.05 Å². The van der Waals surface area contributed by atoms with Crippen molar-refractivity contribution in [1.82, 2.24) is 9.55 Å². The van der Waals surface area contributed by atoms with Gasteiger partial charge in [0.05, 0.1) is 5.39 Å². The minimum atomic E-state index is -0.965. The molecular weight excluding hydrogens is 208 g/mol. The Bertz CT molecular complexity index is 664. The number of aromatic nitrogens is 2. The van der Waals surface area contributed by atoms with Gasteiger partial charge in [0.2, 0.25) is 5.43 Å². The average Bonchev–Trinajstić information content (AvgIpc) is 2.32. The lowest BCUT2D eigenvalue weighted by Gasteiger charge is -2.06. The average molecular weight is 220 g/mol. The van der Waals surface area contributed by atoms with Crippen LogP contribution in [-0.4, -0.2) is 20.6 Å². The van der Waals surface area contributed by atoms with E-state index in [1.165, 1.54) is 6.20 Å². The molecule has 2 aromatic rings. The number of rotatable bonds is 1. The Balaban J connectivity index is 2.86. The van der Waals surface area contributed by atoms with Crippen molar-refractivity contribution in [2.45, 2.75) is 6.92 Å². The summed E-state index contributed by atoms with van der Waals surface area (Å²) in [4.78, 5) is 27.4. The van der Waals surface area contributed by atoms with Crippen LogP contribution < -0.4 is 5.43 Å². The maximum absolute atomic E-state index is 12.0. The van der Waals surface area contributed by atoms with Crippen LogP contribution in [0.5, 0.6) is 0 Å². The van der Waals surface area contributed by atoms with E-state index in [-0.39, 0.29) is 5.56 Å². The quantitative estimate of drug-likeness (QED) is 0.776. The number of aromatic carboxylic acids is 1. The van der Waals surface area contributed by atoms with Gasteiger partial charge in [-0.1, -0.05) is 0 Å². The van der Waals surface area contributed by atoms with Gasteiger partial charge in [0.1, 0.15) is 11.2 Å². The van der Waals surface area contributed by atoms with Crippen LogP contribution >= 0.6 is 0 Å². The zero-order chi connectivity index (χ0) is 12.6. The van der Waals surface area contributed by atoms with Gasteiger partial charge in [-0.25, -0.2) is 9.78 Å². The third-order valence-electron chi connectivity index (χ3n) is 2.38.